The monoisotopic (exact) mass is 252 g/mol. The second kappa shape index (κ2) is 8.16. The van der Waals surface area contributed by atoms with Crippen LogP contribution in [-0.2, 0) is 5.75 Å². The van der Waals surface area contributed by atoms with Gasteiger partial charge in [-0.15, -0.1) is 0 Å². The molecule has 0 heterocycles. The fourth-order valence-electron chi connectivity index (χ4n) is 1.31. The molecule has 0 atom stereocenters. The summed E-state index contributed by atoms with van der Waals surface area (Å²) in [6.45, 7) is 2.16. The van der Waals surface area contributed by atoms with Gasteiger partial charge in [0, 0.05) is 12.2 Å². The van der Waals surface area contributed by atoms with Crippen molar-refractivity contribution in [1.29, 1.82) is 0 Å². The molecule has 0 fully saturated rings. The van der Waals surface area contributed by atoms with Crippen LogP contribution < -0.4 is 0 Å². The predicted octanol–water partition coefficient (Wildman–Crippen LogP) is 3.20. The standard InChI is InChI=1S/C14H17FOS/c1-2-9-17-11-12-6-7-14(15)13(10-12)5-3-4-8-16/h6-7,10,16H,2,4,8-9,11H2,1H3. The summed E-state index contributed by atoms with van der Waals surface area (Å²) < 4.78 is 13.4. The molecular weight excluding hydrogens is 235 g/mol. The van der Waals surface area contributed by atoms with Crippen molar-refractivity contribution in [3.63, 3.8) is 0 Å². The number of hydrogen-bond acceptors (Lipinski definition) is 2. The number of hydrogen-bond donors (Lipinski definition) is 1. The number of aliphatic hydroxyl groups is 1. The van der Waals surface area contributed by atoms with Crippen LogP contribution in [0.25, 0.3) is 0 Å². The lowest BCUT2D eigenvalue weighted by Gasteiger charge is -2.02. The maximum absolute atomic E-state index is 13.4. The average molecular weight is 252 g/mol. The van der Waals surface area contributed by atoms with E-state index in [9.17, 15) is 4.39 Å². The van der Waals surface area contributed by atoms with Crippen LogP contribution in [0.1, 0.15) is 30.9 Å². The van der Waals surface area contributed by atoms with Gasteiger partial charge in [0.05, 0.1) is 12.2 Å². The molecule has 92 valence electrons. The van der Waals surface area contributed by atoms with Gasteiger partial charge in [-0.2, -0.15) is 11.8 Å². The van der Waals surface area contributed by atoms with E-state index in [1.165, 1.54) is 6.07 Å². The van der Waals surface area contributed by atoms with Gasteiger partial charge in [0.2, 0.25) is 0 Å². The molecule has 1 N–H and O–H groups in total. The van der Waals surface area contributed by atoms with Gasteiger partial charge in [-0.3, -0.25) is 0 Å². The Labute approximate surface area is 106 Å². The molecule has 0 aliphatic carbocycles. The highest BCUT2D eigenvalue weighted by atomic mass is 32.2. The van der Waals surface area contributed by atoms with Crippen LogP contribution in [-0.4, -0.2) is 17.5 Å². The molecule has 1 rings (SSSR count). The second-order valence-electron chi connectivity index (χ2n) is 3.64. The van der Waals surface area contributed by atoms with Crippen LogP contribution in [0.2, 0.25) is 0 Å². The molecule has 1 aromatic carbocycles. The zero-order valence-corrected chi connectivity index (χ0v) is 10.8. The van der Waals surface area contributed by atoms with Crippen molar-refractivity contribution in [2.75, 3.05) is 12.4 Å². The van der Waals surface area contributed by atoms with Gasteiger partial charge in [0.15, 0.2) is 0 Å². The number of thioether (sulfide) groups is 1. The smallest absolute Gasteiger partial charge is 0.138 e. The molecule has 0 unspecified atom stereocenters. The Morgan fingerprint density at radius 1 is 1.41 bits per heavy atom. The third-order valence-electron chi connectivity index (χ3n) is 2.11. The molecule has 1 nitrogen and oxygen atoms in total. The zero-order valence-electron chi connectivity index (χ0n) is 10.0. The number of aliphatic hydroxyl groups excluding tert-OH is 1. The minimum atomic E-state index is -0.292. The average Bonchev–Trinajstić information content (AvgIpc) is 2.33. The SMILES string of the molecule is CCCSCc1ccc(F)c(C#CCCO)c1. The van der Waals surface area contributed by atoms with Crippen molar-refractivity contribution in [2.24, 2.45) is 0 Å². The van der Waals surface area contributed by atoms with Crippen LogP contribution in [0.15, 0.2) is 18.2 Å². The van der Waals surface area contributed by atoms with Crippen molar-refractivity contribution in [1.82, 2.24) is 0 Å². The van der Waals surface area contributed by atoms with Gasteiger partial charge in [-0.1, -0.05) is 24.8 Å². The van der Waals surface area contributed by atoms with E-state index >= 15 is 0 Å². The molecule has 1 aromatic rings. The summed E-state index contributed by atoms with van der Waals surface area (Å²) in [4.78, 5) is 0. The lowest BCUT2D eigenvalue weighted by molar-refractivity contribution is 0.305. The first-order chi connectivity index (χ1) is 8.27. The van der Waals surface area contributed by atoms with Crippen LogP contribution in [0.4, 0.5) is 4.39 Å². The van der Waals surface area contributed by atoms with Gasteiger partial charge in [0.1, 0.15) is 5.82 Å². The lowest BCUT2D eigenvalue weighted by atomic mass is 10.1. The highest BCUT2D eigenvalue weighted by molar-refractivity contribution is 7.98. The van der Waals surface area contributed by atoms with E-state index in [1.54, 1.807) is 12.1 Å². The van der Waals surface area contributed by atoms with Crippen LogP contribution in [0.5, 0.6) is 0 Å². The number of benzene rings is 1. The predicted molar refractivity (Wildman–Crippen MR) is 71.4 cm³/mol. The highest BCUT2D eigenvalue weighted by Crippen LogP contribution is 2.16. The van der Waals surface area contributed by atoms with Crippen LogP contribution >= 0.6 is 11.8 Å². The molecule has 3 heteroatoms. The molecule has 17 heavy (non-hydrogen) atoms. The Hall–Kier alpha value is -0.980. The van der Waals surface area contributed by atoms with E-state index in [2.05, 4.69) is 18.8 Å². The van der Waals surface area contributed by atoms with E-state index in [1.807, 2.05) is 11.8 Å². The van der Waals surface area contributed by atoms with E-state index in [0.29, 0.717) is 12.0 Å². The zero-order chi connectivity index (χ0) is 12.5. The van der Waals surface area contributed by atoms with Crippen molar-refractivity contribution in [3.05, 3.63) is 35.1 Å². The summed E-state index contributed by atoms with van der Waals surface area (Å²) in [5.41, 5.74) is 1.52. The molecule has 0 bridgehead atoms. The fraction of sp³-hybridized carbons (Fsp3) is 0.429. The number of halogens is 1. The summed E-state index contributed by atoms with van der Waals surface area (Å²) in [7, 11) is 0. The first-order valence-corrected chi connectivity index (χ1v) is 6.89. The maximum Gasteiger partial charge on any atom is 0.138 e. The van der Waals surface area contributed by atoms with Gasteiger partial charge < -0.3 is 5.11 Å². The third kappa shape index (κ3) is 5.25. The summed E-state index contributed by atoms with van der Waals surface area (Å²) in [6, 6.07) is 5.06. The van der Waals surface area contributed by atoms with Crippen molar-refractivity contribution in [2.45, 2.75) is 25.5 Å². The Bertz CT molecular complexity index is 406. The van der Waals surface area contributed by atoms with Crippen LogP contribution in [0.3, 0.4) is 0 Å². The van der Waals surface area contributed by atoms with Crippen LogP contribution in [0, 0.1) is 17.7 Å². The molecule has 0 aliphatic rings. The topological polar surface area (TPSA) is 20.2 Å². The molecule has 0 saturated carbocycles. The molecular formula is C14H17FOS. The van der Waals surface area contributed by atoms with E-state index < -0.39 is 0 Å². The third-order valence-corrected chi connectivity index (χ3v) is 3.34. The van der Waals surface area contributed by atoms with Crippen molar-refractivity contribution < 1.29 is 9.50 Å². The van der Waals surface area contributed by atoms with Crippen molar-refractivity contribution in [3.8, 4) is 11.8 Å². The summed E-state index contributed by atoms with van der Waals surface area (Å²) in [5, 5.41) is 8.61. The Morgan fingerprint density at radius 3 is 2.94 bits per heavy atom. The highest BCUT2D eigenvalue weighted by Gasteiger charge is 2.01. The Kier molecular flexibility index (Phi) is 6.76. The first kappa shape index (κ1) is 14.1. The minimum absolute atomic E-state index is 0.0145. The maximum atomic E-state index is 13.4. The normalized spacial score (nSPS) is 9.82. The Balaban J connectivity index is 2.70. The molecule has 0 spiro atoms. The first-order valence-electron chi connectivity index (χ1n) is 5.73. The van der Waals surface area contributed by atoms with E-state index in [-0.39, 0.29) is 12.4 Å². The summed E-state index contributed by atoms with van der Waals surface area (Å²) in [6.07, 6.45) is 1.53. The van der Waals surface area contributed by atoms with E-state index in [0.717, 1.165) is 23.5 Å². The molecule has 0 radical (unpaired) electrons. The van der Waals surface area contributed by atoms with Crippen molar-refractivity contribution >= 4 is 11.8 Å². The van der Waals surface area contributed by atoms with Gasteiger partial charge in [-0.25, -0.2) is 4.39 Å². The molecule has 0 aliphatic heterocycles. The summed E-state index contributed by atoms with van der Waals surface area (Å²) >= 11 is 1.84. The molecule has 0 saturated heterocycles. The second-order valence-corrected chi connectivity index (χ2v) is 4.75. The largest absolute Gasteiger partial charge is 0.395 e. The summed E-state index contributed by atoms with van der Waals surface area (Å²) in [5.74, 6) is 7.20. The Morgan fingerprint density at radius 2 is 2.24 bits per heavy atom. The fourth-order valence-corrected chi connectivity index (χ4v) is 2.15. The minimum Gasteiger partial charge on any atom is -0.395 e. The van der Waals surface area contributed by atoms with Gasteiger partial charge >= 0.3 is 0 Å². The number of rotatable bonds is 5. The molecule has 0 amide bonds. The quantitative estimate of drug-likeness (QED) is 0.641. The molecule has 0 aromatic heterocycles. The van der Waals surface area contributed by atoms with Gasteiger partial charge in [0.25, 0.3) is 0 Å². The lowest BCUT2D eigenvalue weighted by Crippen LogP contribution is -1.89. The van der Waals surface area contributed by atoms with Gasteiger partial charge in [-0.05, 0) is 29.9 Å². The van der Waals surface area contributed by atoms with E-state index in [4.69, 9.17) is 5.11 Å².